The minimum Gasteiger partial charge on any atom is -0.496 e. The van der Waals surface area contributed by atoms with Gasteiger partial charge in [-0.25, -0.2) is 0 Å². The summed E-state index contributed by atoms with van der Waals surface area (Å²) < 4.78 is 5.38. The number of ketones is 1. The van der Waals surface area contributed by atoms with Crippen LogP contribution in [0, 0.1) is 11.3 Å². The van der Waals surface area contributed by atoms with Crippen LogP contribution in [0.3, 0.4) is 0 Å². The van der Waals surface area contributed by atoms with Crippen LogP contribution in [-0.2, 0) is 6.54 Å². The molecule has 1 aliphatic carbocycles. The van der Waals surface area contributed by atoms with Gasteiger partial charge in [0.2, 0.25) is 0 Å². The zero-order valence-electron chi connectivity index (χ0n) is 12.1. The lowest BCUT2D eigenvalue weighted by Crippen LogP contribution is -2.26. The Kier molecular flexibility index (Phi) is 4.75. The fourth-order valence-electron chi connectivity index (χ4n) is 2.36. The predicted octanol–water partition coefficient (Wildman–Crippen LogP) is 2.78. The molecule has 0 aliphatic heterocycles. The summed E-state index contributed by atoms with van der Waals surface area (Å²) in [6.07, 6.45) is 2.92. The lowest BCUT2D eigenvalue weighted by molar-refractivity contribution is 0.101. The molecule has 1 saturated carbocycles. The summed E-state index contributed by atoms with van der Waals surface area (Å²) in [5.74, 6) is 0.863. The van der Waals surface area contributed by atoms with Crippen molar-refractivity contribution in [2.24, 2.45) is 0 Å². The first-order valence-corrected chi connectivity index (χ1v) is 6.94. The molecule has 4 nitrogen and oxygen atoms in total. The Balaban J connectivity index is 2.18. The number of hydrogen-bond acceptors (Lipinski definition) is 4. The van der Waals surface area contributed by atoms with Gasteiger partial charge < -0.3 is 4.74 Å². The van der Waals surface area contributed by atoms with Crippen molar-refractivity contribution in [3.8, 4) is 11.8 Å². The number of carbonyl (C=O) groups excluding carboxylic acids is 1. The number of benzene rings is 1. The van der Waals surface area contributed by atoms with Gasteiger partial charge in [-0.3, -0.25) is 9.69 Å². The second-order valence-corrected chi connectivity index (χ2v) is 5.19. The van der Waals surface area contributed by atoms with Gasteiger partial charge in [-0.1, -0.05) is 0 Å². The van der Waals surface area contributed by atoms with Crippen molar-refractivity contribution in [1.82, 2.24) is 4.90 Å². The van der Waals surface area contributed by atoms with Crippen molar-refractivity contribution >= 4 is 5.78 Å². The predicted molar refractivity (Wildman–Crippen MR) is 76.7 cm³/mol. The molecule has 0 aromatic heterocycles. The molecule has 0 bridgehead atoms. The molecular formula is C16H20N2O2. The highest BCUT2D eigenvalue weighted by Gasteiger charge is 2.29. The van der Waals surface area contributed by atoms with Gasteiger partial charge >= 0.3 is 0 Å². The summed E-state index contributed by atoms with van der Waals surface area (Å²) >= 11 is 0. The fraction of sp³-hybridized carbons (Fsp3) is 0.500. The summed E-state index contributed by atoms with van der Waals surface area (Å²) in [7, 11) is 1.64. The molecule has 1 aromatic rings. The Morgan fingerprint density at radius 1 is 1.50 bits per heavy atom. The van der Waals surface area contributed by atoms with E-state index in [2.05, 4.69) is 11.0 Å². The molecule has 4 heteroatoms. The molecular weight excluding hydrogens is 252 g/mol. The van der Waals surface area contributed by atoms with Gasteiger partial charge in [0, 0.05) is 36.7 Å². The van der Waals surface area contributed by atoms with Gasteiger partial charge in [0.05, 0.1) is 13.2 Å². The van der Waals surface area contributed by atoms with Gasteiger partial charge in [0.25, 0.3) is 0 Å². The van der Waals surface area contributed by atoms with Gasteiger partial charge in [0.1, 0.15) is 5.75 Å². The number of carbonyl (C=O) groups is 1. The molecule has 0 amide bonds. The topological polar surface area (TPSA) is 53.3 Å². The summed E-state index contributed by atoms with van der Waals surface area (Å²) in [5, 5.41) is 8.76. The summed E-state index contributed by atoms with van der Waals surface area (Å²) in [6, 6.07) is 8.32. The lowest BCUT2D eigenvalue weighted by atomic mass is 10.1. The maximum Gasteiger partial charge on any atom is 0.159 e. The number of rotatable bonds is 7. The van der Waals surface area contributed by atoms with Crippen LogP contribution in [0.4, 0.5) is 0 Å². The van der Waals surface area contributed by atoms with Crippen LogP contribution in [0.5, 0.6) is 5.75 Å². The third kappa shape index (κ3) is 3.58. The number of ether oxygens (including phenoxy) is 1. The van der Waals surface area contributed by atoms with Gasteiger partial charge in [0.15, 0.2) is 5.78 Å². The monoisotopic (exact) mass is 272 g/mol. The minimum absolute atomic E-state index is 0.0592. The normalized spacial score (nSPS) is 14.1. The molecule has 0 unspecified atom stereocenters. The maximum absolute atomic E-state index is 11.5. The van der Waals surface area contributed by atoms with Crippen molar-refractivity contribution in [3.63, 3.8) is 0 Å². The van der Waals surface area contributed by atoms with Crippen LogP contribution in [0.25, 0.3) is 0 Å². The van der Waals surface area contributed by atoms with Crippen LogP contribution in [0.15, 0.2) is 18.2 Å². The minimum atomic E-state index is 0.0592. The zero-order valence-corrected chi connectivity index (χ0v) is 12.1. The molecule has 2 rings (SSSR count). The smallest absolute Gasteiger partial charge is 0.159 e. The Morgan fingerprint density at radius 2 is 2.25 bits per heavy atom. The van der Waals surface area contributed by atoms with Crippen molar-refractivity contribution in [1.29, 1.82) is 5.26 Å². The van der Waals surface area contributed by atoms with E-state index >= 15 is 0 Å². The van der Waals surface area contributed by atoms with Crippen molar-refractivity contribution in [3.05, 3.63) is 29.3 Å². The molecule has 0 atom stereocenters. The standard InChI is InChI=1S/C16H20N2O2/c1-12(19)13-4-7-16(20-2)14(10-13)11-18(9-3-8-17)15-5-6-15/h4,7,10,15H,3,5-6,9,11H2,1-2H3. The Bertz CT molecular complexity index is 530. The van der Waals surface area contributed by atoms with Gasteiger partial charge in [-0.05, 0) is 38.0 Å². The van der Waals surface area contributed by atoms with Gasteiger partial charge in [-0.2, -0.15) is 5.26 Å². The third-order valence-corrected chi connectivity index (χ3v) is 3.63. The molecule has 1 aliphatic rings. The molecule has 0 N–H and O–H groups in total. The van der Waals surface area contributed by atoms with Crippen LogP contribution in [0.2, 0.25) is 0 Å². The van der Waals surface area contributed by atoms with Crippen LogP contribution in [0.1, 0.15) is 42.1 Å². The van der Waals surface area contributed by atoms with E-state index in [0.717, 1.165) is 24.4 Å². The molecule has 0 saturated heterocycles. The van der Waals surface area contributed by atoms with E-state index in [1.165, 1.54) is 12.8 Å². The first-order valence-electron chi connectivity index (χ1n) is 6.94. The van der Waals surface area contributed by atoms with E-state index in [1.54, 1.807) is 20.1 Å². The Labute approximate surface area is 120 Å². The van der Waals surface area contributed by atoms with E-state index in [0.29, 0.717) is 18.0 Å². The fourth-order valence-corrected chi connectivity index (χ4v) is 2.36. The lowest BCUT2D eigenvalue weighted by Gasteiger charge is -2.22. The van der Waals surface area contributed by atoms with E-state index in [4.69, 9.17) is 10.00 Å². The Morgan fingerprint density at radius 3 is 2.80 bits per heavy atom. The highest BCUT2D eigenvalue weighted by Crippen LogP contribution is 2.30. The van der Waals surface area contributed by atoms with Crippen LogP contribution in [-0.4, -0.2) is 30.4 Å². The van der Waals surface area contributed by atoms with Gasteiger partial charge in [-0.15, -0.1) is 0 Å². The molecule has 0 radical (unpaired) electrons. The van der Waals surface area contributed by atoms with Crippen LogP contribution >= 0.6 is 0 Å². The molecule has 1 aromatic carbocycles. The highest BCUT2D eigenvalue weighted by atomic mass is 16.5. The average Bonchev–Trinajstić information content (AvgIpc) is 3.27. The van der Waals surface area contributed by atoms with E-state index in [1.807, 2.05) is 12.1 Å². The molecule has 0 spiro atoms. The van der Waals surface area contributed by atoms with Crippen molar-refractivity contribution in [2.75, 3.05) is 13.7 Å². The second-order valence-electron chi connectivity index (χ2n) is 5.19. The zero-order chi connectivity index (χ0) is 14.5. The van der Waals surface area contributed by atoms with Crippen molar-refractivity contribution < 1.29 is 9.53 Å². The summed E-state index contributed by atoms with van der Waals surface area (Å²) in [5.41, 5.74) is 1.72. The molecule has 0 heterocycles. The highest BCUT2D eigenvalue weighted by molar-refractivity contribution is 5.94. The number of Topliss-reactive ketones (excluding diaryl/α,β-unsaturated/α-hetero) is 1. The molecule has 20 heavy (non-hydrogen) atoms. The quantitative estimate of drug-likeness (QED) is 0.716. The van der Waals surface area contributed by atoms with E-state index in [9.17, 15) is 4.79 Å². The number of hydrogen-bond donors (Lipinski definition) is 0. The Hall–Kier alpha value is -1.86. The van der Waals surface area contributed by atoms with Crippen molar-refractivity contribution in [2.45, 2.75) is 38.8 Å². The number of methoxy groups -OCH3 is 1. The number of nitrogens with zero attached hydrogens (tertiary/aromatic N) is 2. The average molecular weight is 272 g/mol. The first-order chi connectivity index (χ1) is 9.65. The largest absolute Gasteiger partial charge is 0.496 e. The summed E-state index contributed by atoms with van der Waals surface area (Å²) in [6.45, 7) is 3.07. The second kappa shape index (κ2) is 6.53. The summed E-state index contributed by atoms with van der Waals surface area (Å²) in [4.78, 5) is 13.8. The van der Waals surface area contributed by atoms with Crippen LogP contribution < -0.4 is 4.74 Å². The first kappa shape index (κ1) is 14.5. The third-order valence-electron chi connectivity index (χ3n) is 3.63. The van der Waals surface area contributed by atoms with E-state index in [-0.39, 0.29) is 5.78 Å². The maximum atomic E-state index is 11.5. The molecule has 1 fully saturated rings. The SMILES string of the molecule is COc1ccc(C(C)=O)cc1CN(CCC#N)C1CC1. The van der Waals surface area contributed by atoms with E-state index < -0.39 is 0 Å². The molecule has 106 valence electrons. The number of nitriles is 1.